The van der Waals surface area contributed by atoms with Crippen LogP contribution in [0.3, 0.4) is 0 Å². The first-order valence-corrected chi connectivity index (χ1v) is 7.37. The molecule has 3 rings (SSSR count). The number of nitrogen functional groups attached to an aromatic ring is 1. The minimum Gasteiger partial charge on any atom is -0.399 e. The normalized spacial score (nSPS) is 13.8. The molecule has 0 fully saturated rings. The van der Waals surface area contributed by atoms with Crippen LogP contribution in [0.15, 0.2) is 18.2 Å². The van der Waals surface area contributed by atoms with Gasteiger partial charge in [-0.25, -0.2) is 0 Å². The van der Waals surface area contributed by atoms with Gasteiger partial charge in [0.25, 0.3) is 5.91 Å². The summed E-state index contributed by atoms with van der Waals surface area (Å²) in [5, 5.41) is 4.08. The van der Waals surface area contributed by atoms with Crippen molar-refractivity contribution in [2.24, 2.45) is 0 Å². The average Bonchev–Trinajstić information content (AvgIpc) is 3.03. The predicted molar refractivity (Wildman–Crippen MR) is 80.2 cm³/mol. The molecule has 0 radical (unpaired) electrons. The van der Waals surface area contributed by atoms with Crippen molar-refractivity contribution in [1.82, 2.24) is 9.59 Å². The van der Waals surface area contributed by atoms with Gasteiger partial charge >= 0.3 is 0 Å². The Balaban J connectivity index is 1.96. The number of rotatable bonds is 2. The second-order valence-electron chi connectivity index (χ2n) is 5.24. The standard InChI is InChI=1S/C14H16N4OS/c1-8(2)12-13(20-17-16-12)14(19)18-6-5-9-7-10(15)3-4-11(9)18/h3-4,7-8H,5-6,15H2,1-2H3. The Hall–Kier alpha value is -1.95. The van der Waals surface area contributed by atoms with E-state index in [0.29, 0.717) is 11.4 Å². The van der Waals surface area contributed by atoms with Crippen molar-refractivity contribution >= 4 is 28.8 Å². The lowest BCUT2D eigenvalue weighted by Crippen LogP contribution is -2.29. The van der Waals surface area contributed by atoms with Gasteiger partial charge in [-0.05, 0) is 47.6 Å². The van der Waals surface area contributed by atoms with Gasteiger partial charge < -0.3 is 10.6 Å². The molecule has 0 bridgehead atoms. The topological polar surface area (TPSA) is 72.1 Å². The molecular weight excluding hydrogens is 272 g/mol. The second kappa shape index (κ2) is 4.86. The van der Waals surface area contributed by atoms with Crippen molar-refractivity contribution in [2.45, 2.75) is 26.2 Å². The lowest BCUT2D eigenvalue weighted by atomic mass is 10.1. The Labute approximate surface area is 121 Å². The number of aromatic nitrogens is 2. The molecule has 0 saturated carbocycles. The van der Waals surface area contributed by atoms with Gasteiger partial charge in [-0.1, -0.05) is 18.3 Å². The molecule has 0 spiro atoms. The zero-order valence-corrected chi connectivity index (χ0v) is 12.3. The summed E-state index contributed by atoms with van der Waals surface area (Å²) in [5.74, 6) is 0.188. The van der Waals surface area contributed by atoms with Crippen LogP contribution in [0.2, 0.25) is 0 Å². The van der Waals surface area contributed by atoms with E-state index in [9.17, 15) is 4.79 Å². The van der Waals surface area contributed by atoms with Crippen LogP contribution < -0.4 is 10.6 Å². The fourth-order valence-electron chi connectivity index (χ4n) is 2.48. The highest BCUT2D eigenvalue weighted by Crippen LogP contribution is 2.32. The summed E-state index contributed by atoms with van der Waals surface area (Å²) in [4.78, 5) is 15.2. The molecule has 2 N–H and O–H groups in total. The smallest absolute Gasteiger partial charge is 0.271 e. The second-order valence-corrected chi connectivity index (χ2v) is 5.99. The summed E-state index contributed by atoms with van der Waals surface area (Å²) in [5.41, 5.74) is 9.39. The molecule has 104 valence electrons. The fraction of sp³-hybridized carbons (Fsp3) is 0.357. The van der Waals surface area contributed by atoms with Crippen LogP contribution in [-0.4, -0.2) is 22.0 Å². The average molecular weight is 288 g/mol. The summed E-state index contributed by atoms with van der Waals surface area (Å²) >= 11 is 1.17. The Kier molecular flexibility index (Phi) is 3.17. The number of nitrogens with two attached hydrogens (primary N) is 1. The number of carbonyl (C=O) groups is 1. The van der Waals surface area contributed by atoms with E-state index in [-0.39, 0.29) is 11.8 Å². The molecule has 20 heavy (non-hydrogen) atoms. The molecule has 2 heterocycles. The van der Waals surface area contributed by atoms with E-state index in [1.807, 2.05) is 32.0 Å². The van der Waals surface area contributed by atoms with Crippen LogP contribution in [0.4, 0.5) is 11.4 Å². The van der Waals surface area contributed by atoms with Crippen LogP contribution in [0.1, 0.15) is 40.7 Å². The predicted octanol–water partition coefficient (Wildman–Crippen LogP) is 2.45. The van der Waals surface area contributed by atoms with E-state index >= 15 is 0 Å². The van der Waals surface area contributed by atoms with Gasteiger partial charge in [0.15, 0.2) is 0 Å². The minimum absolute atomic E-state index is 0.00720. The van der Waals surface area contributed by atoms with Gasteiger partial charge in [-0.2, -0.15) is 0 Å². The molecule has 0 aliphatic carbocycles. The first-order valence-electron chi connectivity index (χ1n) is 6.60. The number of anilines is 2. The summed E-state index contributed by atoms with van der Waals surface area (Å²) in [6.45, 7) is 4.73. The third-order valence-corrected chi connectivity index (χ3v) is 4.23. The summed E-state index contributed by atoms with van der Waals surface area (Å²) in [6.07, 6.45) is 0.843. The van der Waals surface area contributed by atoms with Crippen LogP contribution in [0.5, 0.6) is 0 Å². The Morgan fingerprint density at radius 1 is 1.45 bits per heavy atom. The maximum Gasteiger partial charge on any atom is 0.271 e. The molecule has 0 atom stereocenters. The van der Waals surface area contributed by atoms with Gasteiger partial charge in [0.1, 0.15) is 4.88 Å². The SMILES string of the molecule is CC(C)c1nnsc1C(=O)N1CCc2cc(N)ccc21. The van der Waals surface area contributed by atoms with Crippen molar-refractivity contribution in [3.8, 4) is 0 Å². The van der Waals surface area contributed by atoms with Gasteiger partial charge in [-0.15, -0.1) is 5.10 Å². The van der Waals surface area contributed by atoms with Crippen LogP contribution in [0, 0.1) is 0 Å². The highest BCUT2D eigenvalue weighted by atomic mass is 32.1. The molecule has 0 unspecified atom stereocenters. The highest BCUT2D eigenvalue weighted by molar-refractivity contribution is 7.08. The summed E-state index contributed by atoms with van der Waals surface area (Å²) in [6, 6.07) is 5.69. The zero-order chi connectivity index (χ0) is 14.3. The molecule has 2 aromatic rings. The molecule has 1 amide bonds. The van der Waals surface area contributed by atoms with E-state index in [1.165, 1.54) is 11.5 Å². The van der Waals surface area contributed by atoms with Crippen molar-refractivity contribution < 1.29 is 4.79 Å². The third-order valence-electron chi connectivity index (χ3n) is 3.50. The lowest BCUT2D eigenvalue weighted by Gasteiger charge is -2.17. The van der Waals surface area contributed by atoms with Crippen molar-refractivity contribution in [1.29, 1.82) is 0 Å². The number of carbonyl (C=O) groups excluding carboxylic acids is 1. The number of amides is 1. The first kappa shape index (κ1) is 13.1. The van der Waals surface area contributed by atoms with Crippen LogP contribution in [0.25, 0.3) is 0 Å². The highest BCUT2D eigenvalue weighted by Gasteiger charge is 2.29. The van der Waals surface area contributed by atoms with Crippen molar-refractivity contribution in [3.05, 3.63) is 34.3 Å². The van der Waals surface area contributed by atoms with E-state index in [2.05, 4.69) is 9.59 Å². The Morgan fingerprint density at radius 2 is 2.25 bits per heavy atom. The Morgan fingerprint density at radius 3 is 3.00 bits per heavy atom. The van der Waals surface area contributed by atoms with Crippen molar-refractivity contribution in [2.75, 3.05) is 17.2 Å². The summed E-state index contributed by atoms with van der Waals surface area (Å²) in [7, 11) is 0. The largest absolute Gasteiger partial charge is 0.399 e. The third kappa shape index (κ3) is 2.06. The van der Waals surface area contributed by atoms with Crippen LogP contribution >= 0.6 is 11.5 Å². The van der Waals surface area contributed by atoms with Gasteiger partial charge in [0, 0.05) is 17.9 Å². The molecule has 6 heteroatoms. The number of hydrogen-bond acceptors (Lipinski definition) is 5. The van der Waals surface area contributed by atoms with Gasteiger partial charge in [-0.3, -0.25) is 4.79 Å². The lowest BCUT2D eigenvalue weighted by molar-refractivity contribution is 0.0992. The number of fused-ring (bicyclic) bond motifs is 1. The van der Waals surface area contributed by atoms with E-state index in [4.69, 9.17) is 5.73 Å². The van der Waals surface area contributed by atoms with E-state index < -0.39 is 0 Å². The maximum absolute atomic E-state index is 12.7. The zero-order valence-electron chi connectivity index (χ0n) is 11.5. The van der Waals surface area contributed by atoms with Crippen LogP contribution in [-0.2, 0) is 6.42 Å². The fourth-order valence-corrected chi connectivity index (χ4v) is 3.25. The van der Waals surface area contributed by atoms with Gasteiger partial charge in [0.2, 0.25) is 0 Å². The van der Waals surface area contributed by atoms with E-state index in [0.717, 1.165) is 29.1 Å². The molecule has 1 aliphatic heterocycles. The minimum atomic E-state index is -0.00720. The molecular formula is C14H16N4OS. The maximum atomic E-state index is 12.7. The van der Waals surface area contributed by atoms with Crippen molar-refractivity contribution in [3.63, 3.8) is 0 Å². The Bertz CT molecular complexity index is 665. The first-order chi connectivity index (χ1) is 9.58. The monoisotopic (exact) mass is 288 g/mol. The molecule has 1 aromatic carbocycles. The molecule has 5 nitrogen and oxygen atoms in total. The number of hydrogen-bond donors (Lipinski definition) is 1. The number of nitrogens with zero attached hydrogens (tertiary/aromatic N) is 3. The molecule has 0 saturated heterocycles. The summed E-state index contributed by atoms with van der Waals surface area (Å²) < 4.78 is 3.93. The van der Waals surface area contributed by atoms with E-state index in [1.54, 1.807) is 4.90 Å². The van der Waals surface area contributed by atoms with Gasteiger partial charge in [0.05, 0.1) is 5.69 Å². The molecule has 1 aromatic heterocycles. The molecule has 1 aliphatic rings. The quantitative estimate of drug-likeness (QED) is 0.862. The number of benzene rings is 1.